The number of rotatable bonds is 5. The van der Waals surface area contributed by atoms with Gasteiger partial charge in [-0.1, -0.05) is 60.7 Å². The van der Waals surface area contributed by atoms with E-state index in [2.05, 4.69) is 24.3 Å². The lowest BCUT2D eigenvalue weighted by molar-refractivity contribution is -0.119. The molecule has 4 aromatic carbocycles. The molecule has 1 aliphatic heterocycles. The first-order chi connectivity index (χ1) is 16.8. The van der Waals surface area contributed by atoms with Crippen LogP contribution < -0.4 is 9.64 Å². The molecule has 5 nitrogen and oxygen atoms in total. The Morgan fingerprint density at radius 3 is 2.62 bits per heavy atom. The van der Waals surface area contributed by atoms with Crippen LogP contribution in [0.4, 0.5) is 5.69 Å². The van der Waals surface area contributed by atoms with Crippen LogP contribution in [0.25, 0.3) is 21.8 Å². The van der Waals surface area contributed by atoms with Gasteiger partial charge >= 0.3 is 0 Å². The summed E-state index contributed by atoms with van der Waals surface area (Å²) >= 11 is 0. The molecule has 0 saturated heterocycles. The molecule has 34 heavy (non-hydrogen) atoms. The van der Waals surface area contributed by atoms with E-state index < -0.39 is 0 Å². The minimum atomic E-state index is 0.0715. The normalized spacial score (nSPS) is 13.2. The number of fused-ring (bicyclic) bond motifs is 3. The van der Waals surface area contributed by atoms with Crippen LogP contribution in [0.3, 0.4) is 0 Å². The third-order valence-corrected chi connectivity index (χ3v) is 6.53. The fourth-order valence-electron chi connectivity index (χ4n) is 4.83. The Morgan fingerprint density at radius 2 is 1.68 bits per heavy atom. The molecule has 0 spiro atoms. The summed E-state index contributed by atoms with van der Waals surface area (Å²) in [6.07, 6.45) is 1.99. The molecule has 0 radical (unpaired) electrons. The summed E-state index contributed by atoms with van der Waals surface area (Å²) in [4.78, 5) is 20.2. The number of carbonyl (C=O) groups is 1. The van der Waals surface area contributed by atoms with Crippen molar-refractivity contribution in [2.24, 2.45) is 0 Å². The second kappa shape index (κ2) is 8.67. The van der Waals surface area contributed by atoms with Gasteiger partial charge in [0.05, 0.1) is 11.0 Å². The van der Waals surface area contributed by atoms with Crippen LogP contribution in [0, 0.1) is 0 Å². The van der Waals surface area contributed by atoms with Crippen LogP contribution >= 0.6 is 0 Å². The van der Waals surface area contributed by atoms with Crippen LogP contribution in [-0.4, -0.2) is 22.0 Å². The summed E-state index contributed by atoms with van der Waals surface area (Å²) in [6, 6.07) is 30.4. The summed E-state index contributed by atoms with van der Waals surface area (Å²) < 4.78 is 8.14. The van der Waals surface area contributed by atoms with E-state index in [1.165, 1.54) is 10.9 Å². The van der Waals surface area contributed by atoms with Crippen molar-refractivity contribution < 1.29 is 9.53 Å². The van der Waals surface area contributed by atoms with Crippen LogP contribution in [0.5, 0.6) is 5.75 Å². The standard InChI is InChI=1S/C29H25N3O2/c33-29(31-17-7-11-22-9-3-5-13-26(22)31)19-32-27-14-6-4-12-25(27)30-28(32)20-34-24-16-15-21-8-1-2-10-23(21)18-24/h1-6,8-10,12-16,18H,7,11,17,19-20H2. The molecule has 2 heterocycles. The molecule has 0 bridgehead atoms. The predicted octanol–water partition coefficient (Wildman–Crippen LogP) is 5.75. The van der Waals surface area contributed by atoms with Crippen molar-refractivity contribution in [2.75, 3.05) is 11.4 Å². The van der Waals surface area contributed by atoms with Crippen molar-refractivity contribution >= 4 is 33.4 Å². The zero-order valence-electron chi connectivity index (χ0n) is 18.9. The van der Waals surface area contributed by atoms with Gasteiger partial charge in [-0.15, -0.1) is 0 Å². The maximum absolute atomic E-state index is 13.5. The van der Waals surface area contributed by atoms with Gasteiger partial charge in [0.2, 0.25) is 5.91 Å². The van der Waals surface area contributed by atoms with Crippen LogP contribution in [0.1, 0.15) is 17.8 Å². The second-order valence-corrected chi connectivity index (χ2v) is 8.68. The Labute approximate surface area is 198 Å². The van der Waals surface area contributed by atoms with E-state index in [0.29, 0.717) is 0 Å². The van der Waals surface area contributed by atoms with Crippen LogP contribution in [0.2, 0.25) is 0 Å². The van der Waals surface area contributed by atoms with E-state index in [1.54, 1.807) is 0 Å². The summed E-state index contributed by atoms with van der Waals surface area (Å²) in [6.45, 7) is 1.26. The fourth-order valence-corrected chi connectivity index (χ4v) is 4.83. The molecule has 0 N–H and O–H groups in total. The van der Waals surface area contributed by atoms with E-state index >= 15 is 0 Å². The minimum absolute atomic E-state index is 0.0715. The predicted molar refractivity (Wildman–Crippen MR) is 135 cm³/mol. The van der Waals surface area contributed by atoms with Gasteiger partial charge in [0.1, 0.15) is 24.7 Å². The molecule has 1 aliphatic rings. The van der Waals surface area contributed by atoms with E-state index in [4.69, 9.17) is 9.72 Å². The number of para-hydroxylation sites is 3. The summed E-state index contributed by atoms with van der Waals surface area (Å²) in [5, 5.41) is 2.31. The topological polar surface area (TPSA) is 47.4 Å². The van der Waals surface area contributed by atoms with Gasteiger partial charge in [-0.05, 0) is 59.5 Å². The van der Waals surface area contributed by atoms with Gasteiger partial charge in [0.15, 0.2) is 0 Å². The van der Waals surface area contributed by atoms with Crippen molar-refractivity contribution in [3.05, 3.63) is 102 Å². The third kappa shape index (κ3) is 3.79. The van der Waals surface area contributed by atoms with Crippen molar-refractivity contribution in [1.82, 2.24) is 9.55 Å². The number of hydrogen-bond donors (Lipinski definition) is 0. The number of imidazole rings is 1. The summed E-state index contributed by atoms with van der Waals surface area (Å²) in [5.41, 5.74) is 4.07. The summed E-state index contributed by atoms with van der Waals surface area (Å²) in [7, 11) is 0. The zero-order chi connectivity index (χ0) is 22.9. The average molecular weight is 448 g/mol. The van der Waals surface area contributed by atoms with Gasteiger partial charge in [-0.25, -0.2) is 4.98 Å². The number of carbonyl (C=O) groups excluding carboxylic acids is 1. The number of nitrogens with zero attached hydrogens (tertiary/aromatic N) is 3. The lowest BCUT2D eigenvalue weighted by Gasteiger charge is -2.29. The number of benzene rings is 4. The molecule has 1 aromatic heterocycles. The molecule has 5 heteroatoms. The Hall–Kier alpha value is -4.12. The van der Waals surface area contributed by atoms with Crippen molar-refractivity contribution in [3.63, 3.8) is 0 Å². The highest BCUT2D eigenvalue weighted by Crippen LogP contribution is 2.28. The maximum Gasteiger partial charge on any atom is 0.246 e. The van der Waals surface area contributed by atoms with Gasteiger partial charge in [0, 0.05) is 12.2 Å². The SMILES string of the molecule is O=C(Cn1c(COc2ccc3ccccc3c2)nc2ccccc21)N1CCCc2ccccc21. The second-order valence-electron chi connectivity index (χ2n) is 8.68. The minimum Gasteiger partial charge on any atom is -0.486 e. The van der Waals surface area contributed by atoms with Crippen molar-refractivity contribution in [1.29, 1.82) is 0 Å². The van der Waals surface area contributed by atoms with Gasteiger partial charge in [0.25, 0.3) is 0 Å². The number of anilines is 1. The number of hydrogen-bond acceptors (Lipinski definition) is 3. The largest absolute Gasteiger partial charge is 0.486 e. The third-order valence-electron chi connectivity index (χ3n) is 6.53. The number of aromatic nitrogens is 2. The molecular weight excluding hydrogens is 422 g/mol. The molecular formula is C29H25N3O2. The molecule has 5 aromatic rings. The zero-order valence-corrected chi connectivity index (χ0v) is 18.9. The van der Waals surface area contributed by atoms with E-state index in [9.17, 15) is 4.79 Å². The highest BCUT2D eigenvalue weighted by Gasteiger charge is 2.24. The van der Waals surface area contributed by atoms with Gasteiger partial charge in [-0.3, -0.25) is 4.79 Å². The monoisotopic (exact) mass is 447 g/mol. The molecule has 0 aliphatic carbocycles. The number of aryl methyl sites for hydroxylation is 1. The van der Waals surface area contributed by atoms with Crippen LogP contribution in [-0.2, 0) is 24.4 Å². The first-order valence-corrected chi connectivity index (χ1v) is 11.7. The van der Waals surface area contributed by atoms with Crippen LogP contribution in [0.15, 0.2) is 91.0 Å². The Morgan fingerprint density at radius 1 is 0.882 bits per heavy atom. The highest BCUT2D eigenvalue weighted by atomic mass is 16.5. The highest BCUT2D eigenvalue weighted by molar-refractivity contribution is 5.95. The molecule has 0 fully saturated rings. The summed E-state index contributed by atoms with van der Waals surface area (Å²) in [5.74, 6) is 1.60. The average Bonchev–Trinajstić information content (AvgIpc) is 3.24. The van der Waals surface area contributed by atoms with E-state index in [1.807, 2.05) is 76.2 Å². The first kappa shape index (κ1) is 20.5. The number of ether oxygens (including phenoxy) is 1. The Bertz CT molecular complexity index is 1500. The smallest absolute Gasteiger partial charge is 0.246 e. The Kier molecular flexibility index (Phi) is 5.22. The van der Waals surface area contributed by atoms with Crippen molar-refractivity contribution in [3.8, 4) is 5.75 Å². The Balaban J connectivity index is 1.29. The number of amides is 1. The fraction of sp³-hybridized carbons (Fsp3) is 0.172. The lowest BCUT2D eigenvalue weighted by atomic mass is 10.0. The van der Waals surface area contributed by atoms with E-state index in [-0.39, 0.29) is 19.1 Å². The van der Waals surface area contributed by atoms with Gasteiger partial charge < -0.3 is 14.2 Å². The molecule has 0 unspecified atom stereocenters. The van der Waals surface area contributed by atoms with E-state index in [0.717, 1.165) is 53.1 Å². The molecule has 0 atom stereocenters. The molecule has 0 saturated carbocycles. The quantitative estimate of drug-likeness (QED) is 0.345. The maximum atomic E-state index is 13.5. The van der Waals surface area contributed by atoms with Gasteiger partial charge in [-0.2, -0.15) is 0 Å². The molecule has 6 rings (SSSR count). The lowest BCUT2D eigenvalue weighted by Crippen LogP contribution is -2.38. The first-order valence-electron chi connectivity index (χ1n) is 11.7. The molecule has 168 valence electrons. The van der Waals surface area contributed by atoms with Crippen molar-refractivity contribution in [2.45, 2.75) is 26.0 Å². The molecule has 1 amide bonds.